The topological polar surface area (TPSA) is 44.9 Å². The van der Waals surface area contributed by atoms with Crippen molar-refractivity contribution < 1.29 is 4.74 Å². The molecule has 5 heteroatoms. The first-order chi connectivity index (χ1) is 8.06. The monoisotopic (exact) mass is 234 g/mol. The summed E-state index contributed by atoms with van der Waals surface area (Å²) in [5.41, 5.74) is 2.06. The molecule has 0 N–H and O–H groups in total. The molecular formula is C12H18N4O. The number of rotatable bonds is 4. The lowest BCUT2D eigenvalue weighted by molar-refractivity contribution is 0.294. The molecule has 0 unspecified atom stereocenters. The average molecular weight is 234 g/mol. The molecule has 0 spiro atoms. The maximum Gasteiger partial charge on any atom is 0.157 e. The third-order valence-corrected chi connectivity index (χ3v) is 2.59. The van der Waals surface area contributed by atoms with E-state index in [1.54, 1.807) is 6.20 Å². The van der Waals surface area contributed by atoms with Gasteiger partial charge in [-0.25, -0.2) is 0 Å². The van der Waals surface area contributed by atoms with Crippen LogP contribution in [0.3, 0.4) is 0 Å². The molecule has 0 saturated heterocycles. The quantitative estimate of drug-likeness (QED) is 0.813. The number of ether oxygens (including phenoxy) is 1. The van der Waals surface area contributed by atoms with Crippen molar-refractivity contribution in [3.63, 3.8) is 0 Å². The van der Waals surface area contributed by atoms with E-state index in [4.69, 9.17) is 4.74 Å². The Hall–Kier alpha value is -1.78. The smallest absolute Gasteiger partial charge is 0.157 e. The van der Waals surface area contributed by atoms with Gasteiger partial charge in [0, 0.05) is 13.1 Å². The minimum atomic E-state index is 0.353. The molecule has 0 amide bonds. The van der Waals surface area contributed by atoms with E-state index in [1.165, 1.54) is 0 Å². The van der Waals surface area contributed by atoms with E-state index < -0.39 is 0 Å². The largest absolute Gasteiger partial charge is 0.484 e. The van der Waals surface area contributed by atoms with Crippen molar-refractivity contribution in [2.45, 2.75) is 33.4 Å². The Morgan fingerprint density at radius 3 is 2.71 bits per heavy atom. The molecule has 0 radical (unpaired) electrons. The van der Waals surface area contributed by atoms with Crippen LogP contribution in [-0.2, 0) is 13.7 Å². The highest BCUT2D eigenvalue weighted by molar-refractivity contribution is 5.14. The maximum atomic E-state index is 5.67. The Morgan fingerprint density at radius 2 is 2.18 bits per heavy atom. The highest BCUT2D eigenvalue weighted by Gasteiger charge is 2.05. The molecule has 0 fully saturated rings. The summed E-state index contributed by atoms with van der Waals surface area (Å²) in [5, 5.41) is 8.50. The summed E-state index contributed by atoms with van der Waals surface area (Å²) in [5.74, 6) is 0.789. The van der Waals surface area contributed by atoms with E-state index in [1.807, 2.05) is 35.6 Å². The second-order valence-electron chi connectivity index (χ2n) is 4.44. The molecule has 2 heterocycles. The first kappa shape index (κ1) is 11.7. The maximum absolute atomic E-state index is 5.67. The van der Waals surface area contributed by atoms with Crippen molar-refractivity contribution in [3.05, 3.63) is 29.8 Å². The van der Waals surface area contributed by atoms with Crippen LogP contribution in [0.15, 0.2) is 18.5 Å². The lowest BCUT2D eigenvalue weighted by Crippen LogP contribution is -2.03. The summed E-state index contributed by atoms with van der Waals surface area (Å²) in [7, 11) is 1.92. The van der Waals surface area contributed by atoms with Crippen LogP contribution in [-0.4, -0.2) is 19.6 Å². The van der Waals surface area contributed by atoms with E-state index in [2.05, 4.69) is 24.0 Å². The van der Waals surface area contributed by atoms with E-state index in [0.29, 0.717) is 12.6 Å². The van der Waals surface area contributed by atoms with Crippen molar-refractivity contribution in [2.24, 2.45) is 7.05 Å². The first-order valence-corrected chi connectivity index (χ1v) is 5.72. The van der Waals surface area contributed by atoms with Crippen molar-refractivity contribution in [1.82, 2.24) is 19.6 Å². The number of nitrogens with zero attached hydrogens (tertiary/aromatic N) is 4. The molecule has 0 saturated carbocycles. The van der Waals surface area contributed by atoms with Crippen LogP contribution >= 0.6 is 0 Å². The average Bonchev–Trinajstić information content (AvgIpc) is 2.82. The molecule has 5 nitrogen and oxygen atoms in total. The Labute approximate surface area is 101 Å². The van der Waals surface area contributed by atoms with Crippen LogP contribution in [0.25, 0.3) is 0 Å². The fraction of sp³-hybridized carbons (Fsp3) is 0.500. The van der Waals surface area contributed by atoms with Crippen molar-refractivity contribution in [2.75, 3.05) is 0 Å². The second-order valence-corrected chi connectivity index (χ2v) is 4.44. The number of hydrogen-bond donors (Lipinski definition) is 0. The number of aromatic nitrogens is 4. The predicted molar refractivity (Wildman–Crippen MR) is 64.9 cm³/mol. The zero-order valence-corrected chi connectivity index (χ0v) is 10.7. The SMILES string of the molecule is Cc1cc(COc2cnn(C(C)C)c2)n(C)n1. The summed E-state index contributed by atoms with van der Waals surface area (Å²) in [6, 6.07) is 2.37. The van der Waals surface area contributed by atoms with E-state index in [-0.39, 0.29) is 0 Å². The van der Waals surface area contributed by atoms with Crippen molar-refractivity contribution in [1.29, 1.82) is 0 Å². The first-order valence-electron chi connectivity index (χ1n) is 5.72. The summed E-state index contributed by atoms with van der Waals surface area (Å²) in [4.78, 5) is 0. The lowest BCUT2D eigenvalue weighted by Gasteiger charge is -2.04. The van der Waals surface area contributed by atoms with Crippen molar-refractivity contribution in [3.8, 4) is 5.75 Å². The molecule has 92 valence electrons. The van der Waals surface area contributed by atoms with Gasteiger partial charge in [0.15, 0.2) is 5.75 Å². The summed E-state index contributed by atoms with van der Waals surface area (Å²) >= 11 is 0. The van der Waals surface area contributed by atoms with Gasteiger partial charge in [0.1, 0.15) is 6.61 Å². The van der Waals surface area contributed by atoms with Gasteiger partial charge < -0.3 is 4.74 Å². The third-order valence-electron chi connectivity index (χ3n) is 2.59. The summed E-state index contributed by atoms with van der Waals surface area (Å²) in [6.07, 6.45) is 3.65. The van der Waals surface area contributed by atoms with Gasteiger partial charge >= 0.3 is 0 Å². The van der Waals surface area contributed by atoms with Crippen LogP contribution < -0.4 is 4.74 Å². The molecule has 0 aliphatic rings. The van der Waals surface area contributed by atoms with E-state index in [9.17, 15) is 0 Å². The van der Waals surface area contributed by atoms with Gasteiger partial charge in [0.25, 0.3) is 0 Å². The number of aryl methyl sites for hydroxylation is 2. The Kier molecular flexibility index (Phi) is 3.17. The zero-order chi connectivity index (χ0) is 12.4. The third kappa shape index (κ3) is 2.67. The van der Waals surface area contributed by atoms with Crippen LogP contribution in [0.4, 0.5) is 0 Å². The predicted octanol–water partition coefficient (Wildman–Crippen LogP) is 2.08. The van der Waals surface area contributed by atoms with Crippen LogP contribution in [0.2, 0.25) is 0 Å². The summed E-state index contributed by atoms with van der Waals surface area (Å²) in [6.45, 7) is 6.66. The van der Waals surface area contributed by atoms with Crippen LogP contribution in [0.1, 0.15) is 31.3 Å². The van der Waals surface area contributed by atoms with Gasteiger partial charge in [-0.2, -0.15) is 10.2 Å². The highest BCUT2D eigenvalue weighted by Crippen LogP contribution is 2.14. The van der Waals surface area contributed by atoms with Gasteiger partial charge in [0.2, 0.25) is 0 Å². The Bertz CT molecular complexity index is 498. The van der Waals surface area contributed by atoms with Gasteiger partial charge in [-0.15, -0.1) is 0 Å². The molecule has 2 rings (SSSR count). The Morgan fingerprint density at radius 1 is 1.41 bits per heavy atom. The minimum absolute atomic E-state index is 0.353. The van der Waals surface area contributed by atoms with Crippen molar-refractivity contribution >= 4 is 0 Å². The molecule has 0 aliphatic heterocycles. The Balaban J connectivity index is 2.00. The molecule has 2 aromatic heterocycles. The second kappa shape index (κ2) is 4.61. The van der Waals surface area contributed by atoms with E-state index in [0.717, 1.165) is 17.1 Å². The number of hydrogen-bond acceptors (Lipinski definition) is 3. The van der Waals surface area contributed by atoms with Gasteiger partial charge in [-0.3, -0.25) is 9.36 Å². The highest BCUT2D eigenvalue weighted by atomic mass is 16.5. The molecule has 17 heavy (non-hydrogen) atoms. The fourth-order valence-corrected chi connectivity index (χ4v) is 1.63. The van der Waals surface area contributed by atoms with Gasteiger partial charge in [-0.1, -0.05) is 0 Å². The molecule has 0 aromatic carbocycles. The molecule has 0 bridgehead atoms. The molecule has 0 aliphatic carbocycles. The molecule has 2 aromatic rings. The zero-order valence-electron chi connectivity index (χ0n) is 10.7. The van der Waals surface area contributed by atoms with E-state index >= 15 is 0 Å². The minimum Gasteiger partial charge on any atom is -0.484 e. The molecular weight excluding hydrogens is 216 g/mol. The van der Waals surface area contributed by atoms with Crippen LogP contribution in [0, 0.1) is 6.92 Å². The summed E-state index contributed by atoms with van der Waals surface area (Å²) < 4.78 is 9.39. The van der Waals surface area contributed by atoms with Gasteiger partial charge in [0.05, 0.1) is 23.8 Å². The normalized spacial score (nSPS) is 11.1. The standard InChI is InChI=1S/C12H18N4O/c1-9(2)16-7-12(6-13-16)17-8-11-5-10(3)14-15(11)4/h5-7,9H,8H2,1-4H3. The fourth-order valence-electron chi connectivity index (χ4n) is 1.63. The van der Waals surface area contributed by atoms with Crippen LogP contribution in [0.5, 0.6) is 5.75 Å². The molecule has 0 atom stereocenters. The van der Waals surface area contributed by atoms with Gasteiger partial charge in [-0.05, 0) is 26.8 Å². The lowest BCUT2D eigenvalue weighted by atomic mass is 10.4.